The van der Waals surface area contributed by atoms with E-state index in [9.17, 15) is 22.8 Å². The minimum Gasteiger partial charge on any atom is -0.325 e. The molecule has 0 bridgehead atoms. The van der Waals surface area contributed by atoms with Crippen LogP contribution in [-0.2, 0) is 4.79 Å². The molecule has 1 atom stereocenters. The molecule has 1 aliphatic heterocycles. The molecule has 0 aromatic heterocycles. The molecular formula is C13H10F3N3O2. The number of halogens is 3. The average Bonchev–Trinajstić information content (AvgIpc) is 2.63. The lowest BCUT2D eigenvalue weighted by Gasteiger charge is -2.16. The number of benzene rings is 1. The van der Waals surface area contributed by atoms with Gasteiger partial charge in [0.05, 0.1) is 23.7 Å². The first-order valence-corrected chi connectivity index (χ1v) is 5.95. The number of carbonyl (C=O) groups is 2. The van der Waals surface area contributed by atoms with Crippen LogP contribution in [-0.4, -0.2) is 24.2 Å². The predicted octanol–water partition coefficient (Wildman–Crippen LogP) is 2.24. The quantitative estimate of drug-likeness (QED) is 0.851. The van der Waals surface area contributed by atoms with Crippen LogP contribution in [0.25, 0.3) is 0 Å². The lowest BCUT2D eigenvalue weighted by atomic mass is 10.1. The maximum absolute atomic E-state index is 12.4. The Labute approximate surface area is 118 Å². The van der Waals surface area contributed by atoms with Gasteiger partial charge in [-0.05, 0) is 24.6 Å². The summed E-state index contributed by atoms with van der Waals surface area (Å²) in [6.07, 6.45) is -5.99. The monoisotopic (exact) mass is 297 g/mol. The van der Waals surface area contributed by atoms with Gasteiger partial charge in [0.1, 0.15) is 6.04 Å². The Balaban J connectivity index is 2.35. The first kappa shape index (κ1) is 14.8. The lowest BCUT2D eigenvalue weighted by molar-refractivity contribution is -0.145. The first-order chi connectivity index (χ1) is 9.73. The van der Waals surface area contributed by atoms with Crippen LogP contribution in [0.1, 0.15) is 17.5 Å². The molecule has 1 aromatic carbocycles. The van der Waals surface area contributed by atoms with E-state index in [2.05, 4.69) is 0 Å². The summed E-state index contributed by atoms with van der Waals surface area (Å²) in [6, 6.07) is 3.59. The molecule has 1 N–H and O–H groups in total. The Kier molecular flexibility index (Phi) is 3.60. The molecule has 1 saturated heterocycles. The SMILES string of the molecule is Cc1ccc(C#N)cc1N1C(=O)N[C@H](CC(F)(F)F)C1=O. The van der Waals surface area contributed by atoms with Crippen molar-refractivity contribution in [1.29, 1.82) is 5.26 Å². The molecule has 8 heteroatoms. The molecule has 110 valence electrons. The largest absolute Gasteiger partial charge is 0.391 e. The molecule has 3 amide bonds. The second kappa shape index (κ2) is 5.09. The van der Waals surface area contributed by atoms with Crippen LogP contribution in [0.15, 0.2) is 18.2 Å². The maximum atomic E-state index is 12.4. The summed E-state index contributed by atoms with van der Waals surface area (Å²) in [5, 5.41) is 10.8. The second-order valence-corrected chi connectivity index (χ2v) is 4.61. The van der Waals surface area contributed by atoms with Crippen molar-refractivity contribution in [2.24, 2.45) is 0 Å². The zero-order chi connectivity index (χ0) is 15.8. The number of hydrogen-bond acceptors (Lipinski definition) is 3. The van der Waals surface area contributed by atoms with Crippen molar-refractivity contribution in [2.75, 3.05) is 4.90 Å². The molecule has 1 fully saturated rings. The minimum atomic E-state index is -4.56. The van der Waals surface area contributed by atoms with Gasteiger partial charge in [-0.2, -0.15) is 18.4 Å². The first-order valence-electron chi connectivity index (χ1n) is 5.95. The van der Waals surface area contributed by atoms with Gasteiger partial charge in [0.2, 0.25) is 0 Å². The van der Waals surface area contributed by atoms with E-state index in [1.54, 1.807) is 6.92 Å². The molecule has 21 heavy (non-hydrogen) atoms. The smallest absolute Gasteiger partial charge is 0.325 e. The molecule has 2 rings (SSSR count). The van der Waals surface area contributed by atoms with Gasteiger partial charge in [-0.25, -0.2) is 9.69 Å². The van der Waals surface area contributed by atoms with E-state index in [0.29, 0.717) is 10.5 Å². The highest BCUT2D eigenvalue weighted by atomic mass is 19.4. The Morgan fingerprint density at radius 1 is 1.38 bits per heavy atom. The molecule has 5 nitrogen and oxygen atoms in total. The van der Waals surface area contributed by atoms with E-state index in [0.717, 1.165) is 0 Å². The molecule has 1 aliphatic rings. The Bertz CT molecular complexity index is 649. The lowest BCUT2D eigenvalue weighted by Crippen LogP contribution is -2.34. The van der Waals surface area contributed by atoms with Crippen LogP contribution >= 0.6 is 0 Å². The van der Waals surface area contributed by atoms with Crippen LogP contribution in [0.4, 0.5) is 23.7 Å². The number of rotatable bonds is 2. The van der Waals surface area contributed by atoms with Gasteiger partial charge in [0.25, 0.3) is 5.91 Å². The van der Waals surface area contributed by atoms with Crippen LogP contribution < -0.4 is 10.2 Å². The zero-order valence-electron chi connectivity index (χ0n) is 10.9. The number of alkyl halides is 3. The highest BCUT2D eigenvalue weighted by molar-refractivity contribution is 6.21. The summed E-state index contributed by atoms with van der Waals surface area (Å²) in [4.78, 5) is 24.4. The Hall–Kier alpha value is -2.56. The van der Waals surface area contributed by atoms with Crippen molar-refractivity contribution in [3.8, 4) is 6.07 Å². The summed E-state index contributed by atoms with van der Waals surface area (Å²) >= 11 is 0. The molecule has 0 saturated carbocycles. The van der Waals surface area contributed by atoms with Crippen molar-refractivity contribution in [2.45, 2.75) is 25.6 Å². The van der Waals surface area contributed by atoms with Gasteiger partial charge in [-0.3, -0.25) is 4.79 Å². The minimum absolute atomic E-state index is 0.112. The third-order valence-electron chi connectivity index (χ3n) is 3.03. The van der Waals surface area contributed by atoms with E-state index < -0.39 is 30.6 Å². The molecule has 1 aromatic rings. The van der Waals surface area contributed by atoms with Gasteiger partial charge < -0.3 is 5.32 Å². The fourth-order valence-corrected chi connectivity index (χ4v) is 2.05. The highest BCUT2D eigenvalue weighted by Gasteiger charge is 2.45. The number of nitriles is 1. The van der Waals surface area contributed by atoms with Crippen molar-refractivity contribution < 1.29 is 22.8 Å². The fourth-order valence-electron chi connectivity index (χ4n) is 2.05. The van der Waals surface area contributed by atoms with E-state index in [1.807, 2.05) is 11.4 Å². The second-order valence-electron chi connectivity index (χ2n) is 4.61. The molecule has 0 aliphatic carbocycles. The van der Waals surface area contributed by atoms with Gasteiger partial charge in [-0.15, -0.1) is 0 Å². The van der Waals surface area contributed by atoms with Crippen LogP contribution in [0.2, 0.25) is 0 Å². The number of aryl methyl sites for hydroxylation is 1. The van der Waals surface area contributed by atoms with Crippen LogP contribution in [0.5, 0.6) is 0 Å². The summed E-state index contributed by atoms with van der Waals surface area (Å²) < 4.78 is 37.1. The average molecular weight is 297 g/mol. The fraction of sp³-hybridized carbons (Fsp3) is 0.308. The highest BCUT2D eigenvalue weighted by Crippen LogP contribution is 2.29. The molecular weight excluding hydrogens is 287 g/mol. The number of amides is 3. The van der Waals surface area contributed by atoms with Gasteiger partial charge in [-0.1, -0.05) is 6.07 Å². The van der Waals surface area contributed by atoms with E-state index in [1.165, 1.54) is 18.2 Å². The van der Waals surface area contributed by atoms with Crippen LogP contribution in [0, 0.1) is 18.3 Å². The summed E-state index contributed by atoms with van der Waals surface area (Å²) in [7, 11) is 0. The molecule has 0 spiro atoms. The number of nitrogens with zero attached hydrogens (tertiary/aromatic N) is 2. The maximum Gasteiger partial charge on any atom is 0.391 e. The van der Waals surface area contributed by atoms with E-state index >= 15 is 0 Å². The van der Waals surface area contributed by atoms with Crippen molar-refractivity contribution in [1.82, 2.24) is 5.32 Å². The number of urea groups is 1. The summed E-state index contributed by atoms with van der Waals surface area (Å²) in [6.45, 7) is 1.59. The molecule has 1 heterocycles. The number of anilines is 1. The van der Waals surface area contributed by atoms with Gasteiger partial charge in [0, 0.05) is 0 Å². The van der Waals surface area contributed by atoms with Gasteiger partial charge >= 0.3 is 12.2 Å². The Morgan fingerprint density at radius 3 is 2.62 bits per heavy atom. The number of nitrogens with one attached hydrogen (secondary N) is 1. The van der Waals surface area contributed by atoms with E-state index in [4.69, 9.17) is 5.26 Å². The zero-order valence-corrected chi connectivity index (χ0v) is 10.9. The van der Waals surface area contributed by atoms with Crippen molar-refractivity contribution in [3.63, 3.8) is 0 Å². The van der Waals surface area contributed by atoms with Crippen molar-refractivity contribution >= 4 is 17.6 Å². The number of imide groups is 1. The standard InChI is InChI=1S/C13H10F3N3O2/c1-7-2-3-8(6-17)4-10(7)19-11(20)9(18-12(19)21)5-13(14,15)16/h2-4,9H,5H2,1H3,(H,18,21)/t9-/m1/s1. The van der Waals surface area contributed by atoms with E-state index in [-0.39, 0.29) is 11.3 Å². The third kappa shape index (κ3) is 2.97. The topological polar surface area (TPSA) is 73.2 Å². The summed E-state index contributed by atoms with van der Waals surface area (Å²) in [5.41, 5.74) is 0.821. The molecule has 0 radical (unpaired) electrons. The summed E-state index contributed by atoms with van der Waals surface area (Å²) in [5.74, 6) is -0.976. The molecule has 0 unspecified atom stereocenters. The third-order valence-corrected chi connectivity index (χ3v) is 3.03. The number of carbonyl (C=O) groups excluding carboxylic acids is 2. The predicted molar refractivity (Wildman–Crippen MR) is 66.4 cm³/mol. The number of hydrogen-bond donors (Lipinski definition) is 1. The Morgan fingerprint density at radius 2 is 2.05 bits per heavy atom. The van der Waals surface area contributed by atoms with Crippen molar-refractivity contribution in [3.05, 3.63) is 29.3 Å². The van der Waals surface area contributed by atoms with Gasteiger partial charge in [0.15, 0.2) is 0 Å². The normalized spacial score (nSPS) is 18.6. The van der Waals surface area contributed by atoms with Crippen LogP contribution in [0.3, 0.4) is 0 Å².